The molecule has 2 rings (SSSR count). The van der Waals surface area contributed by atoms with Crippen LogP contribution in [0.2, 0.25) is 0 Å². The number of anilines is 1. The third-order valence-corrected chi connectivity index (χ3v) is 3.58. The van der Waals surface area contributed by atoms with Gasteiger partial charge in [0.25, 0.3) is 0 Å². The molecule has 1 N–H and O–H groups in total. The molecular formula is C15H19F3N2O. The molecule has 0 spiro atoms. The van der Waals surface area contributed by atoms with Gasteiger partial charge in [0, 0.05) is 12.2 Å². The number of alkyl halides is 3. The van der Waals surface area contributed by atoms with E-state index in [4.69, 9.17) is 0 Å². The van der Waals surface area contributed by atoms with Gasteiger partial charge in [-0.2, -0.15) is 13.2 Å². The molecule has 1 aliphatic heterocycles. The van der Waals surface area contributed by atoms with E-state index in [-0.39, 0.29) is 18.1 Å². The molecule has 1 atom stereocenters. The van der Waals surface area contributed by atoms with Crippen LogP contribution >= 0.6 is 0 Å². The third-order valence-electron chi connectivity index (χ3n) is 3.58. The van der Waals surface area contributed by atoms with Gasteiger partial charge in [-0.05, 0) is 43.5 Å². The summed E-state index contributed by atoms with van der Waals surface area (Å²) < 4.78 is 37.8. The number of amides is 1. The number of benzene rings is 1. The molecule has 21 heavy (non-hydrogen) atoms. The standard InChI is InChI=1S/C15H19F3N2O/c1-11-4-3-7-20(9-11)10-14(21)19-13-6-2-5-12(8-13)15(16,17)18/h2,5-6,8,11H,3-4,7,9-10H2,1H3,(H,19,21). The molecule has 116 valence electrons. The van der Waals surface area contributed by atoms with Crippen LogP contribution in [0.5, 0.6) is 0 Å². The molecular weight excluding hydrogens is 281 g/mol. The SMILES string of the molecule is CC1CCCN(CC(=O)Nc2cccc(C(F)(F)F)c2)C1. The van der Waals surface area contributed by atoms with E-state index >= 15 is 0 Å². The average molecular weight is 300 g/mol. The number of carbonyl (C=O) groups is 1. The number of piperidine rings is 1. The molecule has 0 bridgehead atoms. The lowest BCUT2D eigenvalue weighted by Gasteiger charge is -2.30. The summed E-state index contributed by atoms with van der Waals surface area (Å²) in [4.78, 5) is 14.0. The molecule has 0 radical (unpaired) electrons. The summed E-state index contributed by atoms with van der Waals surface area (Å²) in [7, 11) is 0. The van der Waals surface area contributed by atoms with Gasteiger partial charge < -0.3 is 5.32 Å². The van der Waals surface area contributed by atoms with E-state index in [1.165, 1.54) is 12.1 Å². The first kappa shape index (κ1) is 15.8. The second kappa shape index (κ2) is 6.47. The number of halogens is 3. The second-order valence-electron chi connectivity index (χ2n) is 5.61. The van der Waals surface area contributed by atoms with E-state index in [0.717, 1.165) is 38.1 Å². The van der Waals surface area contributed by atoms with Crippen LogP contribution in [0.15, 0.2) is 24.3 Å². The van der Waals surface area contributed by atoms with Gasteiger partial charge in [-0.25, -0.2) is 0 Å². The Morgan fingerprint density at radius 1 is 1.43 bits per heavy atom. The van der Waals surface area contributed by atoms with Crippen molar-refractivity contribution in [3.05, 3.63) is 29.8 Å². The van der Waals surface area contributed by atoms with E-state index in [1.807, 2.05) is 4.90 Å². The Morgan fingerprint density at radius 3 is 2.86 bits per heavy atom. The first-order chi connectivity index (χ1) is 9.84. The summed E-state index contributed by atoms with van der Waals surface area (Å²) in [6.07, 6.45) is -2.19. The highest BCUT2D eigenvalue weighted by molar-refractivity contribution is 5.92. The lowest BCUT2D eigenvalue weighted by Crippen LogP contribution is -2.39. The van der Waals surface area contributed by atoms with Gasteiger partial charge in [0.2, 0.25) is 5.91 Å². The molecule has 1 amide bonds. The van der Waals surface area contributed by atoms with E-state index in [1.54, 1.807) is 0 Å². The van der Waals surface area contributed by atoms with Crippen molar-refractivity contribution < 1.29 is 18.0 Å². The molecule has 1 heterocycles. The highest BCUT2D eigenvalue weighted by atomic mass is 19.4. The van der Waals surface area contributed by atoms with Gasteiger partial charge in [0.15, 0.2) is 0 Å². The van der Waals surface area contributed by atoms with Crippen molar-refractivity contribution in [2.24, 2.45) is 5.92 Å². The Balaban J connectivity index is 1.93. The monoisotopic (exact) mass is 300 g/mol. The molecule has 3 nitrogen and oxygen atoms in total. The number of carbonyl (C=O) groups excluding carboxylic acids is 1. The highest BCUT2D eigenvalue weighted by Gasteiger charge is 2.30. The van der Waals surface area contributed by atoms with Crippen molar-refractivity contribution in [1.29, 1.82) is 0 Å². The first-order valence-electron chi connectivity index (χ1n) is 7.04. The van der Waals surface area contributed by atoms with E-state index in [0.29, 0.717) is 5.92 Å². The zero-order valence-electron chi connectivity index (χ0n) is 11.9. The number of nitrogens with one attached hydrogen (secondary N) is 1. The lowest BCUT2D eigenvalue weighted by atomic mass is 10.0. The molecule has 1 aliphatic rings. The lowest BCUT2D eigenvalue weighted by molar-refractivity contribution is -0.137. The maximum Gasteiger partial charge on any atom is 0.416 e. The number of hydrogen-bond acceptors (Lipinski definition) is 2. The predicted molar refractivity (Wildman–Crippen MR) is 74.9 cm³/mol. The van der Waals surface area contributed by atoms with E-state index in [9.17, 15) is 18.0 Å². The molecule has 1 fully saturated rings. The Kier molecular flexibility index (Phi) is 4.88. The minimum Gasteiger partial charge on any atom is -0.325 e. The third kappa shape index (κ3) is 4.74. The Labute approximate surface area is 122 Å². The second-order valence-corrected chi connectivity index (χ2v) is 5.61. The Morgan fingerprint density at radius 2 is 2.19 bits per heavy atom. The number of likely N-dealkylation sites (tertiary alicyclic amines) is 1. The van der Waals surface area contributed by atoms with Crippen LogP contribution in [0.1, 0.15) is 25.3 Å². The van der Waals surface area contributed by atoms with Crippen LogP contribution < -0.4 is 5.32 Å². The zero-order valence-corrected chi connectivity index (χ0v) is 11.9. The summed E-state index contributed by atoms with van der Waals surface area (Å²) in [6, 6.07) is 4.70. The fraction of sp³-hybridized carbons (Fsp3) is 0.533. The summed E-state index contributed by atoms with van der Waals surface area (Å²) >= 11 is 0. The van der Waals surface area contributed by atoms with Gasteiger partial charge in [-0.3, -0.25) is 9.69 Å². The number of rotatable bonds is 3. The molecule has 6 heteroatoms. The fourth-order valence-corrected chi connectivity index (χ4v) is 2.61. The van der Waals surface area contributed by atoms with Gasteiger partial charge in [0.1, 0.15) is 0 Å². The largest absolute Gasteiger partial charge is 0.416 e. The Hall–Kier alpha value is -1.56. The fourth-order valence-electron chi connectivity index (χ4n) is 2.61. The molecule has 1 unspecified atom stereocenters. The van der Waals surface area contributed by atoms with Crippen LogP contribution in [0.4, 0.5) is 18.9 Å². The maximum absolute atomic E-state index is 12.6. The van der Waals surface area contributed by atoms with Crippen molar-refractivity contribution >= 4 is 11.6 Å². The number of nitrogens with zero attached hydrogens (tertiary/aromatic N) is 1. The van der Waals surface area contributed by atoms with Crippen LogP contribution in [-0.2, 0) is 11.0 Å². The molecule has 1 aromatic rings. The summed E-state index contributed by atoms with van der Waals surface area (Å²) in [5.74, 6) is 0.281. The van der Waals surface area contributed by atoms with Gasteiger partial charge in [-0.1, -0.05) is 13.0 Å². The van der Waals surface area contributed by atoms with Crippen molar-refractivity contribution in [3.8, 4) is 0 Å². The van der Waals surface area contributed by atoms with Gasteiger partial charge >= 0.3 is 6.18 Å². The van der Waals surface area contributed by atoms with Crippen LogP contribution in [0, 0.1) is 5.92 Å². The molecule has 1 aromatic carbocycles. The van der Waals surface area contributed by atoms with Crippen LogP contribution in [0.25, 0.3) is 0 Å². The predicted octanol–water partition coefficient (Wildman–Crippen LogP) is 3.38. The van der Waals surface area contributed by atoms with Crippen molar-refractivity contribution in [2.45, 2.75) is 25.9 Å². The number of hydrogen-bond donors (Lipinski definition) is 1. The molecule has 1 saturated heterocycles. The molecule has 0 aromatic heterocycles. The van der Waals surface area contributed by atoms with Crippen molar-refractivity contribution in [1.82, 2.24) is 4.90 Å². The maximum atomic E-state index is 12.6. The topological polar surface area (TPSA) is 32.3 Å². The summed E-state index contributed by atoms with van der Waals surface area (Å²) in [5.41, 5.74) is -0.577. The minimum absolute atomic E-state index is 0.180. The first-order valence-corrected chi connectivity index (χ1v) is 7.04. The van der Waals surface area contributed by atoms with Crippen molar-refractivity contribution in [3.63, 3.8) is 0 Å². The van der Waals surface area contributed by atoms with Gasteiger partial charge in [0.05, 0.1) is 12.1 Å². The van der Waals surface area contributed by atoms with E-state index < -0.39 is 11.7 Å². The summed E-state index contributed by atoms with van der Waals surface area (Å²) in [6.45, 7) is 4.08. The van der Waals surface area contributed by atoms with Gasteiger partial charge in [-0.15, -0.1) is 0 Å². The highest BCUT2D eigenvalue weighted by Crippen LogP contribution is 2.30. The molecule has 0 saturated carbocycles. The van der Waals surface area contributed by atoms with Crippen LogP contribution in [-0.4, -0.2) is 30.4 Å². The van der Waals surface area contributed by atoms with Crippen molar-refractivity contribution in [2.75, 3.05) is 25.0 Å². The van der Waals surface area contributed by atoms with Crippen LogP contribution in [0.3, 0.4) is 0 Å². The minimum atomic E-state index is -4.40. The van der Waals surface area contributed by atoms with E-state index in [2.05, 4.69) is 12.2 Å². The Bertz CT molecular complexity index is 502. The molecule has 0 aliphatic carbocycles. The smallest absolute Gasteiger partial charge is 0.325 e. The summed E-state index contributed by atoms with van der Waals surface area (Å²) in [5, 5.41) is 2.54. The zero-order chi connectivity index (χ0) is 15.5. The quantitative estimate of drug-likeness (QED) is 0.928. The normalized spacial score (nSPS) is 20.3. The average Bonchev–Trinajstić information content (AvgIpc) is 2.37.